The lowest BCUT2D eigenvalue weighted by Crippen LogP contribution is -2.43. The fourth-order valence-corrected chi connectivity index (χ4v) is 4.99. The van der Waals surface area contributed by atoms with Gasteiger partial charge in [0, 0.05) is 19.1 Å². The lowest BCUT2D eigenvalue weighted by molar-refractivity contribution is -0.140. The average Bonchev–Trinajstić information content (AvgIpc) is 2.94. The predicted molar refractivity (Wildman–Crippen MR) is 118 cm³/mol. The van der Waals surface area contributed by atoms with Crippen LogP contribution in [-0.4, -0.2) is 47.4 Å². The molecule has 5 heteroatoms. The molecular weight excluding hydrogens is 376 g/mol. The Balaban J connectivity index is 1.67. The van der Waals surface area contributed by atoms with E-state index in [-0.39, 0.29) is 17.9 Å². The summed E-state index contributed by atoms with van der Waals surface area (Å²) in [6.07, 6.45) is 10.8. The molecule has 4 rings (SSSR count). The van der Waals surface area contributed by atoms with Gasteiger partial charge in [-0.1, -0.05) is 44.7 Å². The highest BCUT2D eigenvalue weighted by molar-refractivity contribution is 6.35. The van der Waals surface area contributed by atoms with E-state index in [0.29, 0.717) is 17.9 Å². The molecule has 0 atom stereocenters. The van der Waals surface area contributed by atoms with Gasteiger partial charge in [0.2, 0.25) is 0 Å². The van der Waals surface area contributed by atoms with Gasteiger partial charge < -0.3 is 9.64 Å². The number of carbonyl (C=O) groups excluding carboxylic acids is 2. The summed E-state index contributed by atoms with van der Waals surface area (Å²) < 4.78 is 5.71. The van der Waals surface area contributed by atoms with Crippen molar-refractivity contribution in [3.63, 3.8) is 0 Å². The minimum Gasteiger partial charge on any atom is -0.494 e. The summed E-state index contributed by atoms with van der Waals surface area (Å²) in [5.41, 5.74) is 2.05. The van der Waals surface area contributed by atoms with Crippen molar-refractivity contribution >= 4 is 17.4 Å². The fraction of sp³-hybridized carbons (Fsp3) is 0.600. The number of likely N-dealkylation sites (tertiary alicyclic amines) is 1. The zero-order valence-corrected chi connectivity index (χ0v) is 18.2. The van der Waals surface area contributed by atoms with Crippen LogP contribution >= 0.6 is 0 Å². The number of piperidine rings is 1. The molecule has 0 radical (unpaired) electrons. The molecule has 5 nitrogen and oxygen atoms in total. The van der Waals surface area contributed by atoms with Crippen LogP contribution in [0.2, 0.25) is 0 Å². The maximum Gasteiger partial charge on any atom is 0.278 e. The summed E-state index contributed by atoms with van der Waals surface area (Å²) in [6.45, 7) is 4.46. The number of hydrogen-bond acceptors (Lipinski definition) is 4. The van der Waals surface area contributed by atoms with E-state index in [2.05, 4.69) is 11.8 Å². The van der Waals surface area contributed by atoms with Crippen molar-refractivity contribution in [3.8, 4) is 5.75 Å². The van der Waals surface area contributed by atoms with Crippen LogP contribution in [0.15, 0.2) is 30.0 Å². The van der Waals surface area contributed by atoms with E-state index >= 15 is 0 Å². The Bertz CT molecular complexity index is 785. The van der Waals surface area contributed by atoms with Crippen LogP contribution in [0.5, 0.6) is 5.75 Å². The molecule has 2 aliphatic heterocycles. The van der Waals surface area contributed by atoms with E-state index in [1.807, 2.05) is 24.3 Å². The van der Waals surface area contributed by atoms with Gasteiger partial charge in [0.1, 0.15) is 11.4 Å². The summed E-state index contributed by atoms with van der Waals surface area (Å²) in [5, 5.41) is 0. The number of rotatable bonds is 6. The number of carbonyl (C=O) groups is 2. The number of nitrogens with zero attached hydrogens (tertiary/aromatic N) is 2. The normalized spacial score (nSPS) is 21.4. The fourth-order valence-electron chi connectivity index (χ4n) is 4.99. The molecule has 162 valence electrons. The Kier molecular flexibility index (Phi) is 6.76. The highest BCUT2D eigenvalue weighted by atomic mass is 16.5. The van der Waals surface area contributed by atoms with Crippen LogP contribution in [-0.2, 0) is 9.59 Å². The quantitative estimate of drug-likeness (QED) is 0.501. The molecule has 1 saturated heterocycles. The van der Waals surface area contributed by atoms with E-state index in [1.165, 1.54) is 19.3 Å². The van der Waals surface area contributed by atoms with Crippen LogP contribution in [0.25, 0.3) is 5.57 Å². The van der Waals surface area contributed by atoms with Crippen molar-refractivity contribution in [2.45, 2.75) is 77.2 Å². The number of hydrogen-bond donors (Lipinski definition) is 0. The highest BCUT2D eigenvalue weighted by Crippen LogP contribution is 2.37. The number of benzene rings is 1. The van der Waals surface area contributed by atoms with Crippen LogP contribution in [0.3, 0.4) is 0 Å². The molecule has 1 aliphatic carbocycles. The van der Waals surface area contributed by atoms with Crippen LogP contribution in [0.4, 0.5) is 0 Å². The number of imide groups is 1. The lowest BCUT2D eigenvalue weighted by atomic mass is 10.0. The van der Waals surface area contributed by atoms with Gasteiger partial charge in [-0.05, 0) is 56.2 Å². The van der Waals surface area contributed by atoms with E-state index in [0.717, 1.165) is 69.3 Å². The summed E-state index contributed by atoms with van der Waals surface area (Å²) in [6, 6.07) is 7.74. The summed E-state index contributed by atoms with van der Waals surface area (Å²) >= 11 is 0. The van der Waals surface area contributed by atoms with Crippen molar-refractivity contribution < 1.29 is 14.3 Å². The van der Waals surface area contributed by atoms with Crippen molar-refractivity contribution in [2.24, 2.45) is 0 Å². The Morgan fingerprint density at radius 3 is 2.13 bits per heavy atom. The van der Waals surface area contributed by atoms with E-state index < -0.39 is 0 Å². The van der Waals surface area contributed by atoms with Gasteiger partial charge in [0.15, 0.2) is 0 Å². The maximum absolute atomic E-state index is 13.6. The SMILES string of the molecule is CCCOc1ccc(C2=C(N3CCCCC3)C(=O)N(C3CCCCCC3)C2=O)cc1. The molecule has 2 amide bonds. The average molecular weight is 411 g/mol. The van der Waals surface area contributed by atoms with Crippen LogP contribution < -0.4 is 4.74 Å². The van der Waals surface area contributed by atoms with Crippen LogP contribution in [0, 0.1) is 0 Å². The van der Waals surface area contributed by atoms with E-state index in [1.54, 1.807) is 4.90 Å². The van der Waals surface area contributed by atoms with Gasteiger partial charge in [-0.2, -0.15) is 0 Å². The Labute approximate surface area is 180 Å². The molecule has 2 heterocycles. The lowest BCUT2D eigenvalue weighted by Gasteiger charge is -2.31. The second kappa shape index (κ2) is 9.67. The molecule has 3 aliphatic rings. The predicted octanol–water partition coefficient (Wildman–Crippen LogP) is 4.76. The maximum atomic E-state index is 13.6. The van der Waals surface area contributed by atoms with E-state index in [9.17, 15) is 9.59 Å². The van der Waals surface area contributed by atoms with Crippen LogP contribution in [0.1, 0.15) is 76.7 Å². The first-order valence-electron chi connectivity index (χ1n) is 11.8. The van der Waals surface area contributed by atoms with Gasteiger partial charge in [-0.25, -0.2) is 0 Å². The monoisotopic (exact) mass is 410 g/mol. The molecule has 0 spiro atoms. The third kappa shape index (κ3) is 4.26. The molecule has 1 aromatic rings. The third-order valence-corrected chi connectivity index (χ3v) is 6.57. The van der Waals surface area contributed by atoms with Gasteiger partial charge in [-0.3, -0.25) is 14.5 Å². The number of amides is 2. The minimum absolute atomic E-state index is 0.0388. The molecule has 0 N–H and O–H groups in total. The van der Waals surface area contributed by atoms with Crippen molar-refractivity contribution in [1.82, 2.24) is 9.80 Å². The number of ether oxygens (including phenoxy) is 1. The first kappa shape index (κ1) is 21.0. The van der Waals surface area contributed by atoms with Crippen molar-refractivity contribution in [3.05, 3.63) is 35.5 Å². The van der Waals surface area contributed by atoms with Gasteiger partial charge >= 0.3 is 0 Å². The largest absolute Gasteiger partial charge is 0.494 e. The Morgan fingerprint density at radius 1 is 0.867 bits per heavy atom. The summed E-state index contributed by atoms with van der Waals surface area (Å²) in [7, 11) is 0. The molecule has 30 heavy (non-hydrogen) atoms. The van der Waals surface area contributed by atoms with Gasteiger partial charge in [-0.15, -0.1) is 0 Å². The third-order valence-electron chi connectivity index (χ3n) is 6.57. The summed E-state index contributed by atoms with van der Waals surface area (Å²) in [4.78, 5) is 31.0. The summed E-state index contributed by atoms with van der Waals surface area (Å²) in [5.74, 6) is 0.628. The minimum atomic E-state index is -0.102. The molecule has 1 saturated carbocycles. The smallest absolute Gasteiger partial charge is 0.278 e. The van der Waals surface area contributed by atoms with E-state index in [4.69, 9.17) is 4.74 Å². The molecule has 2 fully saturated rings. The second-order valence-electron chi connectivity index (χ2n) is 8.77. The Morgan fingerprint density at radius 2 is 1.50 bits per heavy atom. The van der Waals surface area contributed by atoms with Gasteiger partial charge in [0.05, 0.1) is 12.2 Å². The standard InChI is InChI=1S/C25H34N2O3/c1-2-18-30-21-14-12-19(13-15-21)22-23(26-16-8-5-9-17-26)25(29)27(24(22)28)20-10-6-3-4-7-11-20/h12-15,20H,2-11,16-18H2,1H3. The first-order chi connectivity index (χ1) is 14.7. The molecule has 1 aromatic carbocycles. The highest BCUT2D eigenvalue weighted by Gasteiger charge is 2.44. The Hall–Kier alpha value is -2.30. The van der Waals surface area contributed by atoms with Crippen molar-refractivity contribution in [1.29, 1.82) is 0 Å². The molecule has 0 bridgehead atoms. The zero-order chi connectivity index (χ0) is 20.9. The molecular formula is C25H34N2O3. The van der Waals surface area contributed by atoms with Crippen molar-refractivity contribution in [2.75, 3.05) is 19.7 Å². The topological polar surface area (TPSA) is 49.9 Å². The second-order valence-corrected chi connectivity index (χ2v) is 8.77. The zero-order valence-electron chi connectivity index (χ0n) is 18.2. The molecule has 0 unspecified atom stereocenters. The molecule has 0 aromatic heterocycles. The van der Waals surface area contributed by atoms with Gasteiger partial charge in [0.25, 0.3) is 11.8 Å². The first-order valence-corrected chi connectivity index (χ1v) is 11.8.